The molecule has 0 amide bonds. The van der Waals surface area contributed by atoms with Crippen molar-refractivity contribution >= 4 is 0 Å². The van der Waals surface area contributed by atoms with E-state index in [-0.39, 0.29) is 18.3 Å². The Bertz CT molecular complexity index is 1020. The summed E-state index contributed by atoms with van der Waals surface area (Å²) in [5.41, 5.74) is 3.34. The number of ether oxygens (including phenoxy) is 4. The van der Waals surface area contributed by atoms with E-state index in [4.69, 9.17) is 18.9 Å². The lowest BCUT2D eigenvalue weighted by atomic mass is 10.1. The summed E-state index contributed by atoms with van der Waals surface area (Å²) in [6.07, 6.45) is 3.68. The first-order valence-corrected chi connectivity index (χ1v) is 11.7. The van der Waals surface area contributed by atoms with E-state index >= 15 is 0 Å². The molecule has 0 bridgehead atoms. The van der Waals surface area contributed by atoms with E-state index in [9.17, 15) is 0 Å². The van der Waals surface area contributed by atoms with Crippen molar-refractivity contribution in [1.82, 2.24) is 0 Å². The molecule has 1 saturated heterocycles. The third kappa shape index (κ3) is 6.91. The van der Waals surface area contributed by atoms with Crippen LogP contribution in [0.4, 0.5) is 0 Å². The Labute approximate surface area is 202 Å². The maximum atomic E-state index is 6.42. The highest BCUT2D eigenvalue weighted by Crippen LogP contribution is 2.32. The van der Waals surface area contributed by atoms with Crippen molar-refractivity contribution in [2.75, 3.05) is 6.61 Å². The Balaban J connectivity index is 1.48. The van der Waals surface area contributed by atoms with E-state index in [1.54, 1.807) is 0 Å². The first-order valence-electron chi connectivity index (χ1n) is 11.7. The zero-order chi connectivity index (χ0) is 23.4. The van der Waals surface area contributed by atoms with Gasteiger partial charge in [-0.25, -0.2) is 0 Å². The molecule has 4 rings (SSSR count). The molecular weight excluding hydrogens is 424 g/mol. The molecule has 176 valence electrons. The van der Waals surface area contributed by atoms with E-state index in [2.05, 4.69) is 43.0 Å². The van der Waals surface area contributed by atoms with Crippen LogP contribution in [-0.2, 0) is 38.8 Å². The zero-order valence-electron chi connectivity index (χ0n) is 19.4. The maximum Gasteiger partial charge on any atom is 0.151 e. The van der Waals surface area contributed by atoms with Gasteiger partial charge in [-0.1, -0.05) is 97.1 Å². The fourth-order valence-electron chi connectivity index (χ4n) is 3.92. The molecule has 3 aromatic rings. The standard InChI is InChI=1S/C30H32O4/c1-2-3-19-27-29(32-21-25-15-9-5-10-16-25)30(33-22-26-17-11-6-12-18-26)28(34-27)23-31-20-24-13-7-4-8-14-24/h2,4-19,28-30H,1,3,20-23H2/t28?,29-,30?/m0/s1. The van der Waals surface area contributed by atoms with Gasteiger partial charge >= 0.3 is 0 Å². The quantitative estimate of drug-likeness (QED) is 0.303. The summed E-state index contributed by atoms with van der Waals surface area (Å²) in [4.78, 5) is 0. The van der Waals surface area contributed by atoms with Gasteiger partial charge in [0.05, 0.1) is 26.4 Å². The third-order valence-electron chi connectivity index (χ3n) is 5.67. The second-order valence-corrected chi connectivity index (χ2v) is 8.27. The smallest absolute Gasteiger partial charge is 0.151 e. The van der Waals surface area contributed by atoms with Crippen molar-refractivity contribution in [2.24, 2.45) is 0 Å². The molecule has 1 aliphatic rings. The van der Waals surface area contributed by atoms with Gasteiger partial charge in [-0.2, -0.15) is 0 Å². The largest absolute Gasteiger partial charge is 0.487 e. The number of hydrogen-bond acceptors (Lipinski definition) is 4. The summed E-state index contributed by atoms with van der Waals surface area (Å²) in [5, 5.41) is 0. The number of benzene rings is 3. The molecule has 3 atom stereocenters. The van der Waals surface area contributed by atoms with E-state index in [0.717, 1.165) is 22.4 Å². The molecule has 1 aliphatic heterocycles. The van der Waals surface area contributed by atoms with Gasteiger partial charge in [0.1, 0.15) is 18.0 Å². The van der Waals surface area contributed by atoms with Crippen LogP contribution in [0, 0.1) is 0 Å². The van der Waals surface area contributed by atoms with Crippen molar-refractivity contribution < 1.29 is 18.9 Å². The average molecular weight is 457 g/mol. The highest BCUT2D eigenvalue weighted by Gasteiger charge is 2.43. The minimum absolute atomic E-state index is 0.274. The maximum absolute atomic E-state index is 6.42. The van der Waals surface area contributed by atoms with Gasteiger partial charge in [0, 0.05) is 0 Å². The highest BCUT2D eigenvalue weighted by atomic mass is 16.6. The average Bonchev–Trinajstić information content (AvgIpc) is 3.22. The van der Waals surface area contributed by atoms with Crippen molar-refractivity contribution in [3.8, 4) is 0 Å². The molecular formula is C30H32O4. The van der Waals surface area contributed by atoms with Gasteiger partial charge in [-0.05, 0) is 29.2 Å². The van der Waals surface area contributed by atoms with Crippen LogP contribution in [-0.4, -0.2) is 24.9 Å². The molecule has 2 unspecified atom stereocenters. The molecule has 0 saturated carbocycles. The molecule has 4 nitrogen and oxygen atoms in total. The minimum Gasteiger partial charge on any atom is -0.487 e. The second-order valence-electron chi connectivity index (χ2n) is 8.27. The molecule has 0 aromatic heterocycles. The predicted molar refractivity (Wildman–Crippen MR) is 134 cm³/mol. The molecule has 34 heavy (non-hydrogen) atoms. The van der Waals surface area contributed by atoms with Crippen LogP contribution in [0.3, 0.4) is 0 Å². The lowest BCUT2D eigenvalue weighted by molar-refractivity contribution is -0.0894. The molecule has 4 heteroatoms. The zero-order valence-corrected chi connectivity index (χ0v) is 19.4. The Morgan fingerprint density at radius 3 is 1.79 bits per heavy atom. The Morgan fingerprint density at radius 2 is 1.24 bits per heavy atom. The van der Waals surface area contributed by atoms with Crippen LogP contribution in [0.5, 0.6) is 0 Å². The number of hydrogen-bond donors (Lipinski definition) is 0. The lowest BCUT2D eigenvalue weighted by Gasteiger charge is -2.23. The van der Waals surface area contributed by atoms with Gasteiger partial charge in [-0.15, -0.1) is 6.58 Å². The summed E-state index contributed by atoms with van der Waals surface area (Å²) in [6, 6.07) is 30.5. The van der Waals surface area contributed by atoms with E-state index in [1.807, 2.05) is 66.7 Å². The van der Waals surface area contributed by atoms with Crippen molar-refractivity contribution in [2.45, 2.75) is 44.6 Å². The van der Waals surface area contributed by atoms with Gasteiger partial charge in [-0.3, -0.25) is 0 Å². The normalized spacial score (nSPS) is 20.8. The van der Waals surface area contributed by atoms with E-state index in [1.165, 1.54) is 0 Å². The van der Waals surface area contributed by atoms with Gasteiger partial charge < -0.3 is 18.9 Å². The highest BCUT2D eigenvalue weighted by molar-refractivity contribution is 5.18. The van der Waals surface area contributed by atoms with Crippen LogP contribution in [0.15, 0.2) is 115 Å². The van der Waals surface area contributed by atoms with E-state index in [0.29, 0.717) is 32.8 Å². The fourth-order valence-corrected chi connectivity index (χ4v) is 3.92. The molecule has 0 N–H and O–H groups in total. The van der Waals surface area contributed by atoms with Crippen LogP contribution in [0.1, 0.15) is 23.1 Å². The second kappa shape index (κ2) is 12.9. The molecule has 1 heterocycles. The van der Waals surface area contributed by atoms with Crippen LogP contribution in [0.2, 0.25) is 0 Å². The van der Waals surface area contributed by atoms with Crippen LogP contribution < -0.4 is 0 Å². The molecule has 0 spiro atoms. The lowest BCUT2D eigenvalue weighted by Crippen LogP contribution is -2.37. The number of allylic oxidation sites excluding steroid dienone is 2. The van der Waals surface area contributed by atoms with Crippen LogP contribution >= 0.6 is 0 Å². The fraction of sp³-hybridized carbons (Fsp3) is 0.267. The Hall–Kier alpha value is -3.18. The summed E-state index contributed by atoms with van der Waals surface area (Å²) >= 11 is 0. The Morgan fingerprint density at radius 1 is 0.706 bits per heavy atom. The van der Waals surface area contributed by atoms with Crippen molar-refractivity contribution in [1.29, 1.82) is 0 Å². The van der Waals surface area contributed by atoms with Crippen molar-refractivity contribution in [3.63, 3.8) is 0 Å². The predicted octanol–water partition coefficient (Wildman–Crippen LogP) is 6.23. The Kier molecular flexibility index (Phi) is 9.09. The minimum atomic E-state index is -0.325. The molecule has 3 aromatic carbocycles. The summed E-state index contributed by atoms with van der Waals surface area (Å²) in [7, 11) is 0. The first kappa shape index (κ1) is 24.0. The number of rotatable bonds is 12. The molecule has 0 aliphatic carbocycles. The summed E-state index contributed by atoms with van der Waals surface area (Å²) < 4.78 is 25.2. The summed E-state index contributed by atoms with van der Waals surface area (Å²) in [6.45, 7) is 5.72. The van der Waals surface area contributed by atoms with Crippen molar-refractivity contribution in [3.05, 3.63) is 132 Å². The van der Waals surface area contributed by atoms with Gasteiger partial charge in [0.2, 0.25) is 0 Å². The summed E-state index contributed by atoms with van der Waals surface area (Å²) in [5.74, 6) is 0.780. The topological polar surface area (TPSA) is 36.9 Å². The molecule has 1 fully saturated rings. The van der Waals surface area contributed by atoms with Crippen LogP contribution in [0.25, 0.3) is 0 Å². The van der Waals surface area contributed by atoms with E-state index < -0.39 is 0 Å². The SMILES string of the molecule is C=CCC=C1OC(COCc2ccccc2)C(OCc2ccccc2)[C@H]1OCc1ccccc1. The third-order valence-corrected chi connectivity index (χ3v) is 5.67. The van der Waals surface area contributed by atoms with Gasteiger partial charge in [0.15, 0.2) is 6.10 Å². The van der Waals surface area contributed by atoms with Gasteiger partial charge in [0.25, 0.3) is 0 Å². The molecule has 0 radical (unpaired) electrons. The first-order chi connectivity index (χ1) is 16.8. The monoisotopic (exact) mass is 456 g/mol.